The summed E-state index contributed by atoms with van der Waals surface area (Å²) in [5, 5.41) is 29.6. The quantitative estimate of drug-likeness (QED) is 0.0868. The summed E-state index contributed by atoms with van der Waals surface area (Å²) in [6.07, 6.45) is -1.14. The van der Waals surface area contributed by atoms with Gasteiger partial charge in [0, 0.05) is 12.8 Å². The van der Waals surface area contributed by atoms with E-state index in [0.717, 1.165) is 0 Å². The minimum Gasteiger partial charge on any atom is -0.509 e. The summed E-state index contributed by atoms with van der Waals surface area (Å²) >= 11 is 0. The van der Waals surface area contributed by atoms with Crippen LogP contribution in [-0.2, 0) is 36.6 Å². The van der Waals surface area contributed by atoms with Crippen molar-refractivity contribution in [1.29, 1.82) is 5.53 Å². The van der Waals surface area contributed by atoms with Crippen LogP contribution in [-0.4, -0.2) is 47.1 Å². The monoisotopic (exact) mass is 604 g/mol. The number of benzene rings is 2. The first-order chi connectivity index (χ1) is 20.2. The van der Waals surface area contributed by atoms with Gasteiger partial charge in [-0.3, -0.25) is 0 Å². The number of aliphatic hydroxyl groups is 2. The van der Waals surface area contributed by atoms with Gasteiger partial charge in [-0.1, -0.05) is 29.4 Å². The molecule has 0 heterocycles. The van der Waals surface area contributed by atoms with Crippen LogP contribution in [0.5, 0.6) is 0 Å². The van der Waals surface area contributed by atoms with E-state index in [1.807, 2.05) is 0 Å². The van der Waals surface area contributed by atoms with Crippen molar-refractivity contribution < 1.29 is 47.6 Å². The van der Waals surface area contributed by atoms with E-state index in [1.165, 1.54) is 48.5 Å². The second kappa shape index (κ2) is 17.7. The summed E-state index contributed by atoms with van der Waals surface area (Å²) in [6.45, 7) is 8.31. The van der Waals surface area contributed by atoms with E-state index < -0.39 is 52.4 Å². The first kappa shape index (κ1) is 36.0. The van der Waals surface area contributed by atoms with Crippen molar-refractivity contribution in [2.24, 2.45) is 15.3 Å². The number of amides is 1. The van der Waals surface area contributed by atoms with Gasteiger partial charge in [-0.2, -0.15) is 0 Å². The van der Waals surface area contributed by atoms with Crippen LogP contribution in [0.2, 0.25) is 0 Å². The number of halogens is 2. The van der Waals surface area contributed by atoms with Crippen molar-refractivity contribution in [3.05, 3.63) is 94.2 Å². The third kappa shape index (κ3) is 13.9. The molecule has 0 radical (unpaired) electrons. The average molecular weight is 605 g/mol. The first-order valence-corrected chi connectivity index (χ1v) is 12.9. The summed E-state index contributed by atoms with van der Waals surface area (Å²) in [4.78, 5) is 34.8. The molecule has 0 unspecified atom stereocenters. The smallest absolute Gasteiger partial charge is 0.452 e. The maximum atomic E-state index is 12.9. The molecule has 1 amide bonds. The lowest BCUT2D eigenvalue weighted by Crippen LogP contribution is -2.21. The van der Waals surface area contributed by atoms with Crippen LogP contribution in [0.3, 0.4) is 0 Å². The zero-order valence-corrected chi connectivity index (χ0v) is 24.4. The van der Waals surface area contributed by atoms with E-state index >= 15 is 0 Å². The number of azo groups is 1. The number of ether oxygens (including phenoxy) is 3. The summed E-state index contributed by atoms with van der Waals surface area (Å²) in [5.41, 5.74) is 6.24. The minimum absolute atomic E-state index is 0.0171. The fourth-order valence-corrected chi connectivity index (χ4v) is 2.98. The molecule has 2 aromatic carbocycles. The van der Waals surface area contributed by atoms with E-state index in [0.29, 0.717) is 11.1 Å². The minimum atomic E-state index is -1.01. The Balaban J connectivity index is 0.000000453. The first-order valence-electron chi connectivity index (χ1n) is 12.9. The van der Waals surface area contributed by atoms with E-state index in [2.05, 4.69) is 20.1 Å². The van der Waals surface area contributed by atoms with Crippen molar-refractivity contribution in [2.45, 2.75) is 53.1 Å². The van der Waals surface area contributed by atoms with Gasteiger partial charge in [0.25, 0.3) is 0 Å². The molecule has 2 rings (SSSR count). The fraction of sp³-hybridized carbons (Fsp3) is 0.345. The highest BCUT2D eigenvalue weighted by molar-refractivity contribution is 5.89. The molecular weight excluding hydrogens is 570 g/mol. The topological polar surface area (TPSA) is 180 Å². The average Bonchev–Trinajstić information content (AvgIpc) is 2.91. The molecule has 232 valence electrons. The molecule has 0 spiro atoms. The van der Waals surface area contributed by atoms with Crippen molar-refractivity contribution >= 4 is 18.0 Å². The van der Waals surface area contributed by atoms with Gasteiger partial charge in [-0.25, -0.2) is 28.7 Å². The molecule has 43 heavy (non-hydrogen) atoms. The summed E-state index contributed by atoms with van der Waals surface area (Å²) < 4.78 is 40.0. The Hall–Kier alpha value is -5.01. The van der Waals surface area contributed by atoms with E-state index in [-0.39, 0.29) is 31.8 Å². The third-order valence-electron chi connectivity index (χ3n) is 4.79. The van der Waals surface area contributed by atoms with Gasteiger partial charge in [-0.05, 0) is 70.0 Å². The Morgan fingerprint density at radius 3 is 1.51 bits per heavy atom. The molecular formula is C29H34F2N4O8. The zero-order valence-electron chi connectivity index (χ0n) is 24.4. The lowest BCUT2D eigenvalue weighted by molar-refractivity contribution is -0.139. The number of rotatable bonds is 10. The summed E-state index contributed by atoms with van der Waals surface area (Å²) in [6, 6.07) is 10.7. The van der Waals surface area contributed by atoms with Crippen LogP contribution in [0.1, 0.15) is 45.7 Å². The predicted octanol–water partition coefficient (Wildman–Crippen LogP) is 6.82. The molecule has 0 bridgehead atoms. The Morgan fingerprint density at radius 1 is 0.744 bits per heavy atom. The second-order valence-corrected chi connectivity index (χ2v) is 9.43. The molecule has 14 heteroatoms. The molecule has 0 aromatic heterocycles. The number of esters is 2. The standard InChI is InChI=1S/C17H21FN2O5.C12H13FN2O3/c1-5-24-15(22)14(19-20-16(23)25-17(2,3)4)13(21)10-11-6-8-12(18)9-7-11;1-2-18-12(17)11(15-14)10(16)7-8-3-5-9(13)6-4-8/h6-9,21H,5,10H2,1-4H3;3-6,14,16H,2,7H2,1H3. The van der Waals surface area contributed by atoms with Crippen LogP contribution < -0.4 is 0 Å². The van der Waals surface area contributed by atoms with E-state index in [4.69, 9.17) is 15.0 Å². The molecule has 3 N–H and O–H groups in total. The van der Waals surface area contributed by atoms with Gasteiger partial charge in [0.2, 0.25) is 11.4 Å². The Kier molecular flexibility index (Phi) is 14.8. The Morgan fingerprint density at radius 2 is 1.14 bits per heavy atom. The van der Waals surface area contributed by atoms with Crippen molar-refractivity contribution in [1.82, 2.24) is 0 Å². The number of carbonyl (C=O) groups excluding carboxylic acids is 3. The number of hydrogen-bond donors (Lipinski definition) is 3. The predicted molar refractivity (Wildman–Crippen MR) is 149 cm³/mol. The molecule has 0 aliphatic heterocycles. The third-order valence-corrected chi connectivity index (χ3v) is 4.79. The van der Waals surface area contributed by atoms with Crippen molar-refractivity contribution in [3.8, 4) is 0 Å². The largest absolute Gasteiger partial charge is 0.509 e. The van der Waals surface area contributed by atoms with Crippen LogP contribution >= 0.6 is 0 Å². The molecule has 0 fully saturated rings. The normalized spacial score (nSPS) is 12.3. The highest BCUT2D eigenvalue weighted by atomic mass is 19.1. The fourth-order valence-electron chi connectivity index (χ4n) is 2.98. The number of hydrogen-bond acceptors (Lipinski definition) is 11. The molecule has 2 aromatic rings. The Bertz CT molecular complexity index is 1350. The van der Waals surface area contributed by atoms with Crippen LogP contribution in [0, 0.1) is 17.2 Å². The lowest BCUT2D eigenvalue weighted by Gasteiger charge is -2.16. The summed E-state index contributed by atoms with van der Waals surface area (Å²) in [5.74, 6) is -3.45. The lowest BCUT2D eigenvalue weighted by atomic mass is 10.1. The van der Waals surface area contributed by atoms with Gasteiger partial charge in [0.1, 0.15) is 28.8 Å². The van der Waals surface area contributed by atoms with Crippen molar-refractivity contribution in [2.75, 3.05) is 13.2 Å². The van der Waals surface area contributed by atoms with Crippen LogP contribution in [0.25, 0.3) is 0 Å². The summed E-state index contributed by atoms with van der Waals surface area (Å²) in [7, 11) is 0. The zero-order chi connectivity index (χ0) is 32.6. The maximum absolute atomic E-state index is 12.9. The van der Waals surface area contributed by atoms with Crippen LogP contribution in [0.15, 0.2) is 86.8 Å². The molecule has 0 saturated heterocycles. The van der Waals surface area contributed by atoms with E-state index in [1.54, 1.807) is 34.6 Å². The molecule has 0 aliphatic rings. The van der Waals surface area contributed by atoms with Gasteiger partial charge < -0.3 is 24.4 Å². The maximum Gasteiger partial charge on any atom is 0.452 e. The second-order valence-electron chi connectivity index (χ2n) is 9.43. The van der Waals surface area contributed by atoms with Gasteiger partial charge in [0.15, 0.2) is 0 Å². The number of nitrogens with one attached hydrogen (secondary N) is 1. The highest BCUT2D eigenvalue weighted by Gasteiger charge is 2.20. The van der Waals surface area contributed by atoms with Gasteiger partial charge in [0.05, 0.1) is 13.2 Å². The molecule has 12 nitrogen and oxygen atoms in total. The number of aliphatic hydroxyl groups excluding tert-OH is 2. The number of carbonyl (C=O) groups is 3. The van der Waals surface area contributed by atoms with E-state index in [9.17, 15) is 33.4 Å². The van der Waals surface area contributed by atoms with Gasteiger partial charge >= 0.3 is 18.0 Å². The van der Waals surface area contributed by atoms with Crippen molar-refractivity contribution in [3.63, 3.8) is 0 Å². The number of nitrogens with zero attached hydrogens (tertiary/aromatic N) is 3. The molecule has 0 saturated carbocycles. The SMILES string of the molecule is CCOC(=O)C(N=N)=C(O)Cc1ccc(F)cc1.CCOC(=O)C(N=NC(=O)OC(C)(C)C)=C(O)Cc1ccc(F)cc1. The van der Waals surface area contributed by atoms with Crippen LogP contribution in [0.4, 0.5) is 13.6 Å². The van der Waals surface area contributed by atoms with Gasteiger partial charge in [-0.15, -0.1) is 10.2 Å². The number of allylic oxidation sites excluding steroid dienone is 2. The Labute approximate surface area is 247 Å². The molecule has 0 aliphatic carbocycles. The molecule has 0 atom stereocenters. The highest BCUT2D eigenvalue weighted by Crippen LogP contribution is 2.16.